The fourth-order valence-corrected chi connectivity index (χ4v) is 3.84. The van der Waals surface area contributed by atoms with Gasteiger partial charge in [-0.2, -0.15) is 0 Å². The molecule has 0 aliphatic carbocycles. The second-order valence-corrected chi connectivity index (χ2v) is 8.50. The summed E-state index contributed by atoms with van der Waals surface area (Å²) >= 11 is 6.18. The van der Waals surface area contributed by atoms with Gasteiger partial charge in [-0.05, 0) is 42.3 Å². The van der Waals surface area contributed by atoms with E-state index in [1.165, 1.54) is 24.3 Å². The summed E-state index contributed by atoms with van der Waals surface area (Å²) in [6.45, 7) is 1.62. The van der Waals surface area contributed by atoms with E-state index in [1.807, 2.05) is 0 Å². The molecule has 0 saturated carbocycles. The zero-order valence-electron chi connectivity index (χ0n) is 13.9. The van der Waals surface area contributed by atoms with Crippen LogP contribution in [-0.2, 0) is 16.3 Å². The summed E-state index contributed by atoms with van der Waals surface area (Å²) < 4.78 is 37.1. The Morgan fingerprint density at radius 2 is 1.92 bits per heavy atom. The molecule has 0 amide bonds. The van der Waals surface area contributed by atoms with Gasteiger partial charge in [-0.3, -0.25) is 4.79 Å². The van der Waals surface area contributed by atoms with Crippen molar-refractivity contribution in [2.45, 2.75) is 18.2 Å². The molecule has 5 nitrogen and oxygen atoms in total. The highest BCUT2D eigenvalue weighted by molar-refractivity contribution is 7.90. The third-order valence-corrected chi connectivity index (χ3v) is 5.75. The fraction of sp³-hybridized carbons (Fsp3) is 0.167. The van der Waals surface area contributed by atoms with Gasteiger partial charge in [0.05, 0.1) is 10.4 Å². The van der Waals surface area contributed by atoms with Gasteiger partial charge in [0.1, 0.15) is 11.6 Å². The average Bonchev–Trinajstić information content (AvgIpc) is 2.55. The minimum Gasteiger partial charge on any atom is -0.507 e. The highest BCUT2D eigenvalue weighted by Crippen LogP contribution is 2.30. The Hall–Kier alpha value is -2.38. The molecule has 0 bridgehead atoms. The van der Waals surface area contributed by atoms with E-state index < -0.39 is 21.2 Å². The normalized spacial score (nSPS) is 11.8. The Kier molecular flexibility index (Phi) is 4.54. The van der Waals surface area contributed by atoms with Crippen LogP contribution in [-0.4, -0.2) is 24.8 Å². The minimum atomic E-state index is -3.40. The number of fused-ring (bicyclic) bond motifs is 1. The Balaban J connectivity index is 2.16. The number of aryl methyl sites for hydroxylation is 1. The second kappa shape index (κ2) is 6.41. The number of pyridine rings is 1. The maximum Gasteiger partial charge on any atom is 0.252 e. The second-order valence-electron chi connectivity index (χ2n) is 6.08. The Morgan fingerprint density at radius 1 is 1.23 bits per heavy atom. The molecule has 0 aliphatic rings. The summed E-state index contributed by atoms with van der Waals surface area (Å²) in [6.07, 6.45) is 1.18. The third-order valence-electron chi connectivity index (χ3n) is 4.29. The number of aromatic amines is 1. The van der Waals surface area contributed by atoms with Crippen LogP contribution >= 0.6 is 11.6 Å². The number of halogens is 2. The van der Waals surface area contributed by atoms with Crippen LogP contribution in [0.3, 0.4) is 0 Å². The first-order valence-electron chi connectivity index (χ1n) is 7.61. The van der Waals surface area contributed by atoms with Gasteiger partial charge >= 0.3 is 0 Å². The molecular weight excluding hydrogens is 381 g/mol. The van der Waals surface area contributed by atoms with E-state index in [2.05, 4.69) is 4.98 Å². The fourth-order valence-electron chi connectivity index (χ4n) is 2.88. The minimum absolute atomic E-state index is 0.0604. The first kappa shape index (κ1) is 18.4. The lowest BCUT2D eigenvalue weighted by molar-refractivity contribution is 0.479. The number of nitrogens with one attached hydrogen (secondary N) is 1. The van der Waals surface area contributed by atoms with Gasteiger partial charge in [-0.1, -0.05) is 17.7 Å². The Bertz CT molecular complexity index is 1200. The zero-order valence-corrected chi connectivity index (χ0v) is 15.5. The summed E-state index contributed by atoms with van der Waals surface area (Å²) in [5.41, 5.74) is 0.733. The summed E-state index contributed by atoms with van der Waals surface area (Å²) in [5.74, 6) is -0.782. The summed E-state index contributed by atoms with van der Waals surface area (Å²) in [5, 5.41) is 10.5. The van der Waals surface area contributed by atoms with E-state index >= 15 is 0 Å². The van der Waals surface area contributed by atoms with Crippen LogP contribution in [0.5, 0.6) is 5.75 Å². The number of aromatic nitrogens is 1. The van der Waals surface area contributed by atoms with Crippen LogP contribution in [0, 0.1) is 12.7 Å². The number of rotatable bonds is 3. The van der Waals surface area contributed by atoms with Crippen molar-refractivity contribution in [2.24, 2.45) is 0 Å². The topological polar surface area (TPSA) is 87.2 Å². The van der Waals surface area contributed by atoms with Gasteiger partial charge in [0.15, 0.2) is 9.84 Å². The van der Waals surface area contributed by atoms with Crippen LogP contribution in [0.25, 0.3) is 10.9 Å². The SMILES string of the molecule is Cc1c(Cc2ccc(S(C)(=O)=O)cc2Cl)c(=O)[nH]c2c(F)ccc(O)c12. The van der Waals surface area contributed by atoms with Crippen molar-refractivity contribution in [3.63, 3.8) is 0 Å². The van der Waals surface area contributed by atoms with Crippen molar-refractivity contribution in [1.82, 2.24) is 4.98 Å². The Labute approximate surface area is 154 Å². The van der Waals surface area contributed by atoms with E-state index in [4.69, 9.17) is 11.6 Å². The van der Waals surface area contributed by atoms with Crippen molar-refractivity contribution >= 4 is 32.3 Å². The zero-order chi connectivity index (χ0) is 19.2. The van der Waals surface area contributed by atoms with E-state index in [9.17, 15) is 22.7 Å². The smallest absolute Gasteiger partial charge is 0.252 e. The lowest BCUT2D eigenvalue weighted by atomic mass is 9.98. The van der Waals surface area contributed by atoms with Gasteiger partial charge in [0, 0.05) is 28.6 Å². The van der Waals surface area contributed by atoms with Crippen LogP contribution < -0.4 is 5.56 Å². The van der Waals surface area contributed by atoms with E-state index in [1.54, 1.807) is 6.92 Å². The first-order chi connectivity index (χ1) is 12.1. The molecule has 8 heteroatoms. The molecule has 0 radical (unpaired) electrons. The summed E-state index contributed by atoms with van der Waals surface area (Å²) in [4.78, 5) is 14.9. The molecule has 3 rings (SSSR count). The predicted molar refractivity (Wildman–Crippen MR) is 98.3 cm³/mol. The maximum atomic E-state index is 13.9. The van der Waals surface area contributed by atoms with Gasteiger partial charge in [-0.15, -0.1) is 0 Å². The van der Waals surface area contributed by atoms with Crippen molar-refractivity contribution in [2.75, 3.05) is 6.26 Å². The highest BCUT2D eigenvalue weighted by Gasteiger charge is 2.17. The molecule has 0 saturated heterocycles. The predicted octanol–water partition coefficient (Wildman–Crippen LogP) is 3.33. The molecule has 3 aromatic rings. The molecule has 0 aliphatic heterocycles. The van der Waals surface area contributed by atoms with Gasteiger partial charge in [-0.25, -0.2) is 12.8 Å². The lowest BCUT2D eigenvalue weighted by Crippen LogP contribution is -2.16. The number of phenolic OH excluding ortho intramolecular Hbond substituents is 1. The number of phenols is 1. The molecule has 26 heavy (non-hydrogen) atoms. The molecule has 136 valence electrons. The lowest BCUT2D eigenvalue weighted by Gasteiger charge is -2.12. The summed E-state index contributed by atoms with van der Waals surface area (Å²) in [7, 11) is -3.40. The largest absolute Gasteiger partial charge is 0.507 e. The van der Waals surface area contributed by atoms with Crippen LogP contribution in [0.4, 0.5) is 4.39 Å². The first-order valence-corrected chi connectivity index (χ1v) is 9.88. The number of hydrogen-bond acceptors (Lipinski definition) is 4. The van der Waals surface area contributed by atoms with Crippen LogP contribution in [0.1, 0.15) is 16.7 Å². The molecule has 0 spiro atoms. The Morgan fingerprint density at radius 3 is 2.54 bits per heavy atom. The van der Waals surface area contributed by atoms with Crippen LogP contribution in [0.2, 0.25) is 5.02 Å². The number of benzene rings is 2. The average molecular weight is 396 g/mol. The highest BCUT2D eigenvalue weighted by atomic mass is 35.5. The molecule has 2 N–H and O–H groups in total. The van der Waals surface area contributed by atoms with Crippen molar-refractivity contribution in [1.29, 1.82) is 0 Å². The van der Waals surface area contributed by atoms with Gasteiger partial charge in [0.2, 0.25) is 0 Å². The monoisotopic (exact) mass is 395 g/mol. The van der Waals surface area contributed by atoms with E-state index in [-0.39, 0.29) is 33.0 Å². The third kappa shape index (κ3) is 3.20. The number of hydrogen-bond donors (Lipinski definition) is 2. The quantitative estimate of drug-likeness (QED) is 0.712. The van der Waals surface area contributed by atoms with Gasteiger partial charge in [0.25, 0.3) is 5.56 Å². The number of sulfone groups is 1. The van der Waals surface area contributed by atoms with Crippen molar-refractivity contribution < 1.29 is 17.9 Å². The molecule has 2 aromatic carbocycles. The molecule has 1 aromatic heterocycles. The number of aromatic hydroxyl groups is 1. The van der Waals surface area contributed by atoms with Crippen LogP contribution in [0.15, 0.2) is 40.0 Å². The van der Waals surface area contributed by atoms with Crippen molar-refractivity contribution in [3.8, 4) is 5.75 Å². The molecule has 1 heterocycles. The summed E-state index contributed by atoms with van der Waals surface area (Å²) in [6, 6.07) is 6.58. The maximum absolute atomic E-state index is 13.9. The molecule has 0 unspecified atom stereocenters. The molecular formula is C18H15ClFNO4S. The molecule has 0 atom stereocenters. The standard InChI is InChI=1S/C18H15ClFNO4S/c1-9-12(7-10-3-4-11(8-13(10)19)26(2,24)25)18(23)21-17-14(20)5-6-15(22)16(9)17/h3-6,8,22H,7H2,1-2H3,(H,21,23). The van der Waals surface area contributed by atoms with Gasteiger partial charge < -0.3 is 10.1 Å². The van der Waals surface area contributed by atoms with Crippen molar-refractivity contribution in [3.05, 3.63) is 68.2 Å². The van der Waals surface area contributed by atoms with E-state index in [0.29, 0.717) is 16.7 Å². The number of H-pyrrole nitrogens is 1. The molecule has 0 fully saturated rings. The van der Waals surface area contributed by atoms with E-state index in [0.717, 1.165) is 12.3 Å².